The normalized spacial score (nSPS) is 10.7. The first kappa shape index (κ1) is 99.8. The Bertz CT molecular complexity index is 7890. The van der Waals surface area contributed by atoms with Crippen molar-refractivity contribution in [3.05, 3.63) is 478 Å². The fourth-order valence-corrected chi connectivity index (χ4v) is 14.8. The number of aliphatic hydroxyl groups excluding tert-OH is 2. The Labute approximate surface area is 830 Å². The molecule has 0 aliphatic rings. The molecule has 0 radical (unpaired) electrons. The number of aromatic nitrogens is 13. The molecular formula is C116H94F3N13O13. The van der Waals surface area contributed by atoms with Crippen molar-refractivity contribution < 1.29 is 77.2 Å². The van der Waals surface area contributed by atoms with E-state index in [4.69, 9.17) is 29.9 Å². The zero-order valence-electron chi connectivity index (χ0n) is 78.6. The lowest BCUT2D eigenvalue weighted by Crippen LogP contribution is -2.17. The number of methoxy groups -OCH3 is 1. The molecule has 20 aromatic rings. The Balaban J connectivity index is 0.000000131. The summed E-state index contributed by atoms with van der Waals surface area (Å²) in [5.41, 5.74) is 24.0. The van der Waals surface area contributed by atoms with Crippen molar-refractivity contribution in [2.75, 3.05) is 7.11 Å². The average Bonchev–Trinajstić information content (AvgIpc) is 2.17. The highest BCUT2D eigenvalue weighted by Crippen LogP contribution is 2.32. The highest BCUT2D eigenvalue weighted by Gasteiger charge is 2.31. The van der Waals surface area contributed by atoms with Gasteiger partial charge in [0.1, 0.15) is 35.4 Å². The van der Waals surface area contributed by atoms with Gasteiger partial charge in [0.15, 0.2) is 0 Å². The maximum atomic E-state index is 12.2. The van der Waals surface area contributed by atoms with E-state index in [1.807, 2.05) is 268 Å². The molecule has 7 heterocycles. The third-order valence-corrected chi connectivity index (χ3v) is 22.6. The van der Waals surface area contributed by atoms with Crippen LogP contribution in [0.3, 0.4) is 0 Å². The number of aromatic carboxylic acids is 4. The molecule has 722 valence electrons. The van der Waals surface area contributed by atoms with Crippen molar-refractivity contribution in [2.45, 2.75) is 26.8 Å². The second-order valence-corrected chi connectivity index (χ2v) is 32.8. The first-order valence-electron chi connectivity index (χ1n) is 44.9. The number of carboxylic acid groups (broad SMARTS) is 4. The van der Waals surface area contributed by atoms with Crippen LogP contribution in [0.15, 0.2) is 428 Å². The average molecular weight is 1940 g/mol. The minimum Gasteiger partial charge on any atom is -0.508 e. The lowest BCUT2D eigenvalue weighted by atomic mass is 10.1. The third-order valence-electron chi connectivity index (χ3n) is 22.6. The number of aryl methyl sites for hydroxylation is 1. The number of alkyl halides is 3. The molecule has 26 nitrogen and oxygen atoms in total. The smallest absolute Gasteiger partial charge is 0.508 e. The van der Waals surface area contributed by atoms with Gasteiger partial charge in [0, 0.05) is 106 Å². The number of allylic oxidation sites excluding steroid dienone is 2. The lowest BCUT2D eigenvalue weighted by Gasteiger charge is -2.09. The lowest BCUT2D eigenvalue weighted by molar-refractivity contribution is -0.274. The zero-order valence-corrected chi connectivity index (χ0v) is 78.6. The molecule has 145 heavy (non-hydrogen) atoms. The summed E-state index contributed by atoms with van der Waals surface area (Å²) in [6, 6.07) is 108. The minimum atomic E-state index is -4.72. The molecule has 0 saturated carbocycles. The Morgan fingerprint density at radius 2 is 0.593 bits per heavy atom. The summed E-state index contributed by atoms with van der Waals surface area (Å²) in [4.78, 5) is 44.0. The van der Waals surface area contributed by atoms with Crippen LogP contribution in [0, 0.1) is 0 Å². The molecule has 7 aromatic heterocycles. The number of rotatable bonds is 25. The van der Waals surface area contributed by atoms with Crippen molar-refractivity contribution in [1.29, 1.82) is 0 Å². The number of carboxylic acids is 4. The van der Waals surface area contributed by atoms with Crippen molar-refractivity contribution in [3.63, 3.8) is 0 Å². The number of hydrogen-bond donors (Lipinski definition) is 6. The van der Waals surface area contributed by atoms with Gasteiger partial charge in [0.25, 0.3) is 0 Å². The van der Waals surface area contributed by atoms with Crippen molar-refractivity contribution in [1.82, 2.24) is 63.3 Å². The van der Waals surface area contributed by atoms with Gasteiger partial charge in [-0.1, -0.05) is 189 Å². The molecule has 0 fully saturated rings. The van der Waals surface area contributed by atoms with Crippen LogP contribution in [-0.2, 0) is 13.7 Å². The van der Waals surface area contributed by atoms with E-state index in [9.17, 15) is 42.6 Å². The first-order chi connectivity index (χ1) is 69.9. The van der Waals surface area contributed by atoms with E-state index >= 15 is 0 Å². The monoisotopic (exact) mass is 1930 g/mol. The minimum absolute atomic E-state index is 0.0155. The number of carbonyl (C=O) groups is 4. The molecule has 0 saturated heterocycles. The second kappa shape index (κ2) is 45.7. The number of aliphatic hydroxyl groups is 2. The van der Waals surface area contributed by atoms with Crippen LogP contribution in [0.4, 0.5) is 13.2 Å². The maximum Gasteiger partial charge on any atom is 0.573 e. The molecule has 6 N–H and O–H groups in total. The van der Waals surface area contributed by atoms with Crippen LogP contribution in [0.1, 0.15) is 83.1 Å². The molecule has 0 aliphatic carbocycles. The summed E-state index contributed by atoms with van der Waals surface area (Å²) < 4.78 is 63.9. The van der Waals surface area contributed by atoms with E-state index in [0.717, 1.165) is 129 Å². The van der Waals surface area contributed by atoms with E-state index in [2.05, 4.69) is 84.4 Å². The zero-order chi connectivity index (χ0) is 102. The summed E-state index contributed by atoms with van der Waals surface area (Å²) in [5, 5.41) is 83.2. The van der Waals surface area contributed by atoms with E-state index in [-0.39, 0.29) is 39.5 Å². The third kappa shape index (κ3) is 26.2. The Morgan fingerprint density at radius 1 is 0.297 bits per heavy atom. The van der Waals surface area contributed by atoms with E-state index in [0.29, 0.717) is 34.8 Å². The molecule has 13 aromatic carbocycles. The van der Waals surface area contributed by atoms with Crippen LogP contribution < -0.4 is 14.2 Å². The van der Waals surface area contributed by atoms with E-state index < -0.39 is 30.2 Å². The van der Waals surface area contributed by atoms with Gasteiger partial charge in [0.05, 0.1) is 97.7 Å². The SMILES string of the molecule is C=C(C)c1ccc(-n2ccc(-c3ccc(C(=O)O)cc3)n2)cc1.C=C(C)c1ccc(-n2ccc(-c3cccc(C(=O)O)c3)n2)cc1.C=C(O)c1ccc(-c2ccn(-c3ccc(OC(F)(F)F)cc3)n2)cc1.C=C(O)c1ccc(-c2ccn(-c3ccc(OC)cc3)n2)cc1.Cn1ccc2cc(-n3ccc(-c4ccc(C(=O)O)cc4)n3)ccc21.O=C(O)c1cccc(-c2ccn(-c3ccc(OCc4ccccc4)cc3)n2)c1. The Morgan fingerprint density at radius 3 is 0.910 bits per heavy atom. The second-order valence-electron chi connectivity index (χ2n) is 32.8. The number of hydrogen-bond acceptors (Lipinski definition) is 15. The molecule has 0 amide bonds. The van der Waals surface area contributed by atoms with Crippen LogP contribution in [0.2, 0.25) is 0 Å². The van der Waals surface area contributed by atoms with Gasteiger partial charge in [0.2, 0.25) is 0 Å². The summed E-state index contributed by atoms with van der Waals surface area (Å²) in [7, 11) is 3.67. The van der Waals surface area contributed by atoms with E-state index in [1.165, 1.54) is 29.8 Å². The van der Waals surface area contributed by atoms with Crippen LogP contribution in [0.5, 0.6) is 17.2 Å². The highest BCUT2D eigenvalue weighted by atomic mass is 19.4. The number of nitrogens with zero attached hydrogens (tertiary/aromatic N) is 13. The van der Waals surface area contributed by atoms with E-state index in [1.54, 1.807) is 147 Å². The topological polar surface area (TPSA) is 329 Å². The standard InChI is InChI=1S/C23H18N2O3.C19H15N3O2.2C19H16N2O2.C18H13F3N2O2.C18H16N2O2/c26-23(27)19-8-4-7-18(15-19)22-13-14-25(24-22)20-9-11-21(12-10-20)28-16-17-5-2-1-3-6-17;1-21-10-8-15-12-16(6-7-18(15)21)22-11-9-17(20-22)13-2-4-14(5-3-13)19(23)24;1-13(2)14-7-9-17(10-8-14)21-12-11-18(20-21)15-3-5-16(6-4-15)19(22)23;1-13(2)14-6-8-17(9-7-14)21-11-10-18(20-21)15-4-3-5-16(12-15)19(22)23;1-12(24)13-2-4-14(5-3-13)17-10-11-23(22-17)15-6-8-16(9-7-15)25-18(19,20)21;1-13(21)14-3-5-15(6-4-14)18-11-12-20(19-18)16-7-9-17(22-2)10-8-16/h1-15H,16H2,(H,26,27);2-12H,1H3,(H,23,24);2*3-12H,1H2,2H3,(H,22,23);2-11,24H,1H2;3-12,21H,1H2,2H3. The van der Waals surface area contributed by atoms with Crippen molar-refractivity contribution >= 4 is 57.4 Å². The van der Waals surface area contributed by atoms with Crippen LogP contribution in [-0.4, -0.2) is 131 Å². The van der Waals surface area contributed by atoms with Gasteiger partial charge < -0.3 is 49.4 Å². The van der Waals surface area contributed by atoms with Gasteiger partial charge in [-0.2, -0.15) is 30.6 Å². The summed E-state index contributed by atoms with van der Waals surface area (Å²) >= 11 is 0. The van der Waals surface area contributed by atoms with Gasteiger partial charge in [-0.25, -0.2) is 47.3 Å². The Hall–Kier alpha value is -19.7. The fourth-order valence-electron chi connectivity index (χ4n) is 14.8. The number of benzene rings is 13. The van der Waals surface area contributed by atoms with Gasteiger partial charge in [-0.3, -0.25) is 0 Å². The number of ether oxygens (including phenoxy) is 3. The van der Waals surface area contributed by atoms with Gasteiger partial charge >= 0.3 is 30.2 Å². The summed E-state index contributed by atoms with van der Waals surface area (Å²) in [6.45, 7) is 19.3. The quantitative estimate of drug-likeness (QED) is 0.0290. The molecule has 29 heteroatoms. The molecule has 0 atom stereocenters. The molecule has 0 spiro atoms. The Kier molecular flexibility index (Phi) is 31.5. The van der Waals surface area contributed by atoms with Crippen LogP contribution >= 0.6 is 0 Å². The molecule has 0 bridgehead atoms. The largest absolute Gasteiger partial charge is 0.573 e. The van der Waals surface area contributed by atoms with Crippen LogP contribution in [0.25, 0.3) is 135 Å². The van der Waals surface area contributed by atoms with Gasteiger partial charge in [-0.15, -0.1) is 13.2 Å². The molecular weight excluding hydrogens is 1840 g/mol. The number of halogens is 3. The molecule has 20 rings (SSSR count). The molecule has 0 unspecified atom stereocenters. The molecule has 0 aliphatic heterocycles. The number of fused-ring (bicyclic) bond motifs is 1. The summed E-state index contributed by atoms with van der Waals surface area (Å²) in [6.07, 6.45) is 8.44. The highest BCUT2D eigenvalue weighted by molar-refractivity contribution is 5.91. The van der Waals surface area contributed by atoms with Gasteiger partial charge in [-0.05, 0) is 237 Å². The predicted octanol–water partition coefficient (Wildman–Crippen LogP) is 26.1. The van der Waals surface area contributed by atoms with Crippen molar-refractivity contribution in [3.8, 4) is 119 Å². The maximum absolute atomic E-state index is 12.2. The fraction of sp³-hybridized carbons (Fsp3) is 0.0517. The predicted molar refractivity (Wildman–Crippen MR) is 555 cm³/mol. The first-order valence-corrected chi connectivity index (χ1v) is 44.9. The summed E-state index contributed by atoms with van der Waals surface area (Å²) in [5.74, 6) is -2.39. The van der Waals surface area contributed by atoms with Crippen molar-refractivity contribution in [2.24, 2.45) is 7.05 Å².